The zero-order chi connectivity index (χ0) is 12.8. The second-order valence-electron chi connectivity index (χ2n) is 3.08. The van der Waals surface area contributed by atoms with Crippen LogP contribution in [0.4, 0.5) is 5.69 Å². The summed E-state index contributed by atoms with van der Waals surface area (Å²) in [5.74, 6) is -1.11. The molecule has 17 heavy (non-hydrogen) atoms. The summed E-state index contributed by atoms with van der Waals surface area (Å²) in [4.78, 5) is 20.6. The number of benzene rings is 1. The lowest BCUT2D eigenvalue weighted by molar-refractivity contribution is -0.385. The summed E-state index contributed by atoms with van der Waals surface area (Å²) in [5.41, 5.74) is -0.860. The molecule has 0 aromatic heterocycles. The van der Waals surface area contributed by atoms with E-state index in [9.17, 15) is 14.9 Å². The van der Waals surface area contributed by atoms with E-state index in [1.165, 1.54) is 13.2 Å². The molecule has 0 bridgehead atoms. The van der Waals surface area contributed by atoms with Crippen molar-refractivity contribution in [2.45, 2.75) is 0 Å². The summed E-state index contributed by atoms with van der Waals surface area (Å²) >= 11 is 0. The van der Waals surface area contributed by atoms with Gasteiger partial charge in [0.1, 0.15) is 17.9 Å². The van der Waals surface area contributed by atoms with Crippen molar-refractivity contribution in [1.82, 2.24) is 0 Å². The normalized spacial score (nSPS) is 9.94. The van der Waals surface area contributed by atoms with Crippen LogP contribution in [0.3, 0.4) is 0 Å². The van der Waals surface area contributed by atoms with Crippen LogP contribution < -0.4 is 4.74 Å². The molecule has 7 heteroatoms. The van der Waals surface area contributed by atoms with Crippen molar-refractivity contribution in [3.05, 3.63) is 33.9 Å². The summed E-state index contributed by atoms with van der Waals surface area (Å²) in [7, 11) is 1.50. The van der Waals surface area contributed by atoms with Crippen LogP contribution in [-0.4, -0.2) is 36.3 Å². The van der Waals surface area contributed by atoms with Gasteiger partial charge < -0.3 is 14.6 Å². The number of nitrogens with zero attached hydrogens (tertiary/aromatic N) is 1. The SMILES string of the molecule is COCCOc1ccc(C(=O)O)c([N+](=O)[O-])c1. The smallest absolute Gasteiger partial charge is 0.342 e. The van der Waals surface area contributed by atoms with Crippen molar-refractivity contribution in [3.8, 4) is 5.75 Å². The fourth-order valence-corrected chi connectivity index (χ4v) is 1.18. The molecule has 0 saturated heterocycles. The van der Waals surface area contributed by atoms with Gasteiger partial charge in [-0.15, -0.1) is 0 Å². The Bertz CT molecular complexity index is 431. The third kappa shape index (κ3) is 3.42. The third-order valence-electron chi connectivity index (χ3n) is 1.95. The van der Waals surface area contributed by atoms with Gasteiger partial charge in [0, 0.05) is 7.11 Å². The van der Waals surface area contributed by atoms with Crippen LogP contribution in [0.15, 0.2) is 18.2 Å². The Kier molecular flexibility index (Phi) is 4.41. The van der Waals surface area contributed by atoms with E-state index in [1.54, 1.807) is 0 Å². The van der Waals surface area contributed by atoms with Gasteiger partial charge in [-0.2, -0.15) is 0 Å². The van der Waals surface area contributed by atoms with Gasteiger partial charge in [0.05, 0.1) is 17.6 Å². The lowest BCUT2D eigenvalue weighted by atomic mass is 10.2. The first kappa shape index (κ1) is 12.9. The number of hydrogen-bond donors (Lipinski definition) is 1. The zero-order valence-corrected chi connectivity index (χ0v) is 9.08. The predicted octanol–water partition coefficient (Wildman–Crippen LogP) is 1.32. The number of ether oxygens (including phenoxy) is 2. The molecule has 0 aliphatic heterocycles. The molecule has 0 heterocycles. The van der Waals surface area contributed by atoms with Crippen molar-refractivity contribution in [2.75, 3.05) is 20.3 Å². The van der Waals surface area contributed by atoms with Gasteiger partial charge in [0.25, 0.3) is 5.69 Å². The molecule has 0 unspecified atom stereocenters. The average molecular weight is 241 g/mol. The number of nitro benzene ring substituents is 1. The lowest BCUT2D eigenvalue weighted by Gasteiger charge is -2.06. The van der Waals surface area contributed by atoms with Gasteiger partial charge in [-0.05, 0) is 12.1 Å². The van der Waals surface area contributed by atoms with E-state index in [-0.39, 0.29) is 17.9 Å². The molecule has 0 amide bonds. The van der Waals surface area contributed by atoms with Gasteiger partial charge in [-0.1, -0.05) is 0 Å². The molecule has 0 spiro atoms. The topological polar surface area (TPSA) is 98.9 Å². The van der Waals surface area contributed by atoms with E-state index in [0.717, 1.165) is 12.1 Å². The molecule has 1 N–H and O–H groups in total. The van der Waals surface area contributed by atoms with E-state index >= 15 is 0 Å². The van der Waals surface area contributed by atoms with Crippen molar-refractivity contribution >= 4 is 11.7 Å². The molecule has 1 rings (SSSR count). The van der Waals surface area contributed by atoms with Crippen molar-refractivity contribution in [3.63, 3.8) is 0 Å². The van der Waals surface area contributed by atoms with Crippen LogP contribution in [-0.2, 0) is 4.74 Å². The number of rotatable bonds is 6. The van der Waals surface area contributed by atoms with Crippen molar-refractivity contribution in [1.29, 1.82) is 0 Å². The Labute approximate surface area is 96.7 Å². The molecule has 0 aliphatic rings. The van der Waals surface area contributed by atoms with E-state index in [4.69, 9.17) is 14.6 Å². The summed E-state index contributed by atoms with van der Waals surface area (Å²) in [6.07, 6.45) is 0. The Balaban J connectivity index is 2.94. The first-order valence-corrected chi connectivity index (χ1v) is 4.69. The highest BCUT2D eigenvalue weighted by Crippen LogP contribution is 2.24. The molecular formula is C10H11NO6. The lowest BCUT2D eigenvalue weighted by Crippen LogP contribution is -2.06. The van der Waals surface area contributed by atoms with Crippen LogP contribution in [0.1, 0.15) is 10.4 Å². The number of aromatic carboxylic acids is 1. The van der Waals surface area contributed by atoms with Gasteiger partial charge in [0.15, 0.2) is 0 Å². The van der Waals surface area contributed by atoms with E-state index in [0.29, 0.717) is 6.61 Å². The average Bonchev–Trinajstić information content (AvgIpc) is 2.29. The summed E-state index contributed by atoms with van der Waals surface area (Å²) in [6.45, 7) is 0.578. The maximum Gasteiger partial charge on any atom is 0.342 e. The van der Waals surface area contributed by atoms with Crippen LogP contribution in [0.2, 0.25) is 0 Å². The van der Waals surface area contributed by atoms with Crippen molar-refractivity contribution < 1.29 is 24.3 Å². The number of hydrogen-bond acceptors (Lipinski definition) is 5. The quantitative estimate of drug-likeness (QED) is 0.458. The Morgan fingerprint density at radius 2 is 2.18 bits per heavy atom. The Morgan fingerprint density at radius 3 is 2.71 bits per heavy atom. The first-order valence-electron chi connectivity index (χ1n) is 4.69. The third-order valence-corrected chi connectivity index (χ3v) is 1.95. The maximum absolute atomic E-state index is 10.7. The minimum atomic E-state index is -1.35. The number of carboxylic acid groups (broad SMARTS) is 1. The van der Waals surface area contributed by atoms with Gasteiger partial charge in [-0.3, -0.25) is 10.1 Å². The van der Waals surface area contributed by atoms with Crippen LogP contribution in [0.25, 0.3) is 0 Å². The molecule has 0 fully saturated rings. The van der Waals surface area contributed by atoms with Gasteiger partial charge >= 0.3 is 5.97 Å². The van der Waals surface area contributed by atoms with E-state index in [2.05, 4.69) is 0 Å². The predicted molar refractivity (Wildman–Crippen MR) is 57.4 cm³/mol. The number of nitro groups is 1. The summed E-state index contributed by atoms with van der Waals surface area (Å²) < 4.78 is 9.90. The summed E-state index contributed by atoms with van der Waals surface area (Å²) in [5, 5.41) is 19.4. The minimum absolute atomic E-state index is 0.235. The molecule has 7 nitrogen and oxygen atoms in total. The maximum atomic E-state index is 10.7. The van der Waals surface area contributed by atoms with Crippen LogP contribution >= 0.6 is 0 Å². The molecule has 1 aromatic carbocycles. The number of carbonyl (C=O) groups is 1. The molecule has 92 valence electrons. The largest absolute Gasteiger partial charge is 0.491 e. The van der Waals surface area contributed by atoms with E-state index in [1.807, 2.05) is 0 Å². The number of carboxylic acids is 1. The second-order valence-corrected chi connectivity index (χ2v) is 3.08. The van der Waals surface area contributed by atoms with Gasteiger partial charge in [0.2, 0.25) is 0 Å². The number of methoxy groups -OCH3 is 1. The fraction of sp³-hybridized carbons (Fsp3) is 0.300. The Morgan fingerprint density at radius 1 is 1.47 bits per heavy atom. The highest BCUT2D eigenvalue weighted by atomic mass is 16.6. The highest BCUT2D eigenvalue weighted by molar-refractivity contribution is 5.92. The van der Waals surface area contributed by atoms with Crippen LogP contribution in [0, 0.1) is 10.1 Å². The highest BCUT2D eigenvalue weighted by Gasteiger charge is 2.20. The van der Waals surface area contributed by atoms with Crippen LogP contribution in [0.5, 0.6) is 5.75 Å². The van der Waals surface area contributed by atoms with Gasteiger partial charge in [-0.25, -0.2) is 4.79 Å². The molecule has 0 saturated carbocycles. The molecule has 0 aliphatic carbocycles. The fourth-order valence-electron chi connectivity index (χ4n) is 1.18. The molecule has 0 radical (unpaired) electrons. The standard InChI is InChI=1S/C10H11NO6/c1-16-4-5-17-7-2-3-8(10(12)13)9(6-7)11(14)15/h2-3,6H,4-5H2,1H3,(H,12,13). The Hall–Kier alpha value is -2.15. The van der Waals surface area contributed by atoms with Crippen molar-refractivity contribution in [2.24, 2.45) is 0 Å². The van der Waals surface area contributed by atoms with E-state index < -0.39 is 16.6 Å². The second kappa shape index (κ2) is 5.80. The monoisotopic (exact) mass is 241 g/mol. The molecular weight excluding hydrogens is 230 g/mol. The first-order chi connectivity index (χ1) is 8.06. The molecule has 0 atom stereocenters. The summed E-state index contributed by atoms with van der Waals surface area (Å²) in [6, 6.07) is 3.59. The zero-order valence-electron chi connectivity index (χ0n) is 9.08. The molecule has 1 aromatic rings. The minimum Gasteiger partial charge on any atom is -0.491 e.